The maximum absolute atomic E-state index is 10.7. The fourth-order valence-electron chi connectivity index (χ4n) is 1.23. The number of carboxylic acid groups (broad SMARTS) is 2. The fourth-order valence-corrected chi connectivity index (χ4v) is 1.23. The molecule has 17 heavy (non-hydrogen) atoms. The summed E-state index contributed by atoms with van der Waals surface area (Å²) in [4.78, 5) is 31.1. The van der Waals surface area contributed by atoms with Gasteiger partial charge in [0, 0.05) is 6.07 Å². The van der Waals surface area contributed by atoms with E-state index in [0.717, 1.165) is 18.2 Å². The minimum atomic E-state index is -1.57. The maximum Gasteiger partial charge on any atom is 0.335 e. The maximum atomic E-state index is 10.7. The van der Waals surface area contributed by atoms with Crippen molar-refractivity contribution in [3.05, 3.63) is 39.4 Å². The number of hydrogen-bond acceptors (Lipinski definition) is 5. The Morgan fingerprint density at radius 2 is 1.94 bits per heavy atom. The molecule has 0 heterocycles. The summed E-state index contributed by atoms with van der Waals surface area (Å²) in [6, 6.07) is 1.30. The smallest absolute Gasteiger partial charge is 0.335 e. The number of nitrogens with zero attached hydrogens (tertiary/aromatic N) is 1. The van der Waals surface area contributed by atoms with E-state index in [1.165, 1.54) is 0 Å². The molecule has 1 rings (SSSR count). The van der Waals surface area contributed by atoms with Gasteiger partial charge in [0.05, 0.1) is 16.1 Å². The standard InChI is InChI=1S/C9H8N2O6/c10-7(9(14)15)5-2-1-4(8(12)13)3-6(5)11(16)17/h1-3,7H,10H2,(H,12,13)(H,14,15)/t7-/m0/s1. The van der Waals surface area contributed by atoms with Crippen LogP contribution in [0.4, 0.5) is 5.69 Å². The average molecular weight is 240 g/mol. The van der Waals surface area contributed by atoms with Gasteiger partial charge in [-0.05, 0) is 12.1 Å². The van der Waals surface area contributed by atoms with Crippen molar-refractivity contribution >= 4 is 17.6 Å². The Kier molecular flexibility index (Phi) is 3.39. The molecule has 0 amide bonds. The molecule has 0 aliphatic heterocycles. The van der Waals surface area contributed by atoms with Crippen LogP contribution in [0, 0.1) is 10.1 Å². The second-order valence-corrected chi connectivity index (χ2v) is 3.15. The van der Waals surface area contributed by atoms with Crippen LogP contribution in [0.25, 0.3) is 0 Å². The molecule has 0 spiro atoms. The van der Waals surface area contributed by atoms with Gasteiger partial charge in [0.25, 0.3) is 5.69 Å². The van der Waals surface area contributed by atoms with Gasteiger partial charge in [0.15, 0.2) is 0 Å². The summed E-state index contributed by atoms with van der Waals surface area (Å²) < 4.78 is 0. The van der Waals surface area contributed by atoms with Gasteiger partial charge in [0.1, 0.15) is 6.04 Å². The molecule has 0 radical (unpaired) electrons. The molecule has 1 aromatic rings. The molecule has 0 unspecified atom stereocenters. The quantitative estimate of drug-likeness (QED) is 0.509. The number of carbonyl (C=O) groups is 2. The van der Waals surface area contributed by atoms with Crippen molar-refractivity contribution in [2.24, 2.45) is 5.73 Å². The van der Waals surface area contributed by atoms with E-state index in [0.29, 0.717) is 0 Å². The first-order chi connectivity index (χ1) is 7.84. The lowest BCUT2D eigenvalue weighted by molar-refractivity contribution is -0.385. The lowest BCUT2D eigenvalue weighted by atomic mass is 10.0. The molecule has 0 saturated carbocycles. The summed E-state index contributed by atoms with van der Waals surface area (Å²) in [5.41, 5.74) is 4.08. The molecule has 0 aromatic heterocycles. The largest absolute Gasteiger partial charge is 0.480 e. The SMILES string of the molecule is N[C@H](C(=O)O)c1ccc(C(=O)O)cc1[N+](=O)[O-]. The minimum Gasteiger partial charge on any atom is -0.480 e. The van der Waals surface area contributed by atoms with Gasteiger partial charge in [0.2, 0.25) is 0 Å². The van der Waals surface area contributed by atoms with Crippen LogP contribution in [0.15, 0.2) is 18.2 Å². The van der Waals surface area contributed by atoms with Crippen LogP contribution in [0.2, 0.25) is 0 Å². The molecule has 8 heteroatoms. The van der Waals surface area contributed by atoms with Gasteiger partial charge in [-0.3, -0.25) is 14.9 Å². The first-order valence-corrected chi connectivity index (χ1v) is 4.34. The predicted octanol–water partition coefficient (Wildman–Crippen LogP) is 0.377. The Balaban J connectivity index is 3.37. The zero-order chi connectivity index (χ0) is 13.2. The second-order valence-electron chi connectivity index (χ2n) is 3.15. The molecule has 4 N–H and O–H groups in total. The van der Waals surface area contributed by atoms with Crippen LogP contribution in [-0.2, 0) is 4.79 Å². The van der Waals surface area contributed by atoms with Crippen LogP contribution in [0.3, 0.4) is 0 Å². The molecule has 90 valence electrons. The topological polar surface area (TPSA) is 144 Å². The number of aliphatic carboxylic acids is 1. The zero-order valence-electron chi connectivity index (χ0n) is 8.36. The highest BCUT2D eigenvalue weighted by Crippen LogP contribution is 2.25. The van der Waals surface area contributed by atoms with Crippen LogP contribution < -0.4 is 5.73 Å². The average Bonchev–Trinajstić information content (AvgIpc) is 2.26. The van der Waals surface area contributed by atoms with E-state index in [9.17, 15) is 19.7 Å². The normalized spacial score (nSPS) is 11.8. The van der Waals surface area contributed by atoms with Crippen molar-refractivity contribution in [3.63, 3.8) is 0 Å². The molecular weight excluding hydrogens is 232 g/mol. The molecule has 0 fully saturated rings. The highest BCUT2D eigenvalue weighted by molar-refractivity contribution is 5.89. The molecule has 0 aliphatic rings. The number of carboxylic acids is 2. The van der Waals surface area contributed by atoms with E-state index in [2.05, 4.69) is 0 Å². The Morgan fingerprint density at radius 1 is 1.35 bits per heavy atom. The van der Waals surface area contributed by atoms with Gasteiger partial charge >= 0.3 is 11.9 Å². The lowest BCUT2D eigenvalue weighted by Gasteiger charge is -2.07. The Hall–Kier alpha value is -2.48. The van der Waals surface area contributed by atoms with Crippen molar-refractivity contribution in [1.29, 1.82) is 0 Å². The van der Waals surface area contributed by atoms with Crippen molar-refractivity contribution in [2.75, 3.05) is 0 Å². The van der Waals surface area contributed by atoms with Gasteiger partial charge in [-0.1, -0.05) is 0 Å². The van der Waals surface area contributed by atoms with E-state index >= 15 is 0 Å². The van der Waals surface area contributed by atoms with E-state index in [4.69, 9.17) is 15.9 Å². The van der Waals surface area contributed by atoms with Gasteiger partial charge in [-0.25, -0.2) is 4.79 Å². The minimum absolute atomic E-state index is 0.243. The van der Waals surface area contributed by atoms with E-state index < -0.39 is 28.6 Å². The summed E-state index contributed by atoms with van der Waals surface area (Å²) >= 11 is 0. The highest BCUT2D eigenvalue weighted by Gasteiger charge is 2.25. The summed E-state index contributed by atoms with van der Waals surface area (Å²) in [5.74, 6) is -2.78. The summed E-state index contributed by atoms with van der Waals surface area (Å²) in [5, 5.41) is 28.0. The van der Waals surface area contributed by atoms with Crippen LogP contribution in [0.1, 0.15) is 22.0 Å². The van der Waals surface area contributed by atoms with Crippen molar-refractivity contribution < 1.29 is 24.7 Å². The lowest BCUT2D eigenvalue weighted by Crippen LogP contribution is -2.22. The number of hydrogen-bond donors (Lipinski definition) is 3. The van der Waals surface area contributed by atoms with Crippen LogP contribution >= 0.6 is 0 Å². The zero-order valence-corrected chi connectivity index (χ0v) is 8.36. The number of nitrogens with two attached hydrogens (primary N) is 1. The van der Waals surface area contributed by atoms with Gasteiger partial charge < -0.3 is 15.9 Å². The van der Waals surface area contributed by atoms with E-state index in [1.54, 1.807) is 0 Å². The first-order valence-electron chi connectivity index (χ1n) is 4.34. The number of aromatic carboxylic acids is 1. The van der Waals surface area contributed by atoms with E-state index in [1.807, 2.05) is 0 Å². The Bertz CT molecular complexity index is 498. The van der Waals surface area contributed by atoms with Crippen LogP contribution in [-0.4, -0.2) is 27.1 Å². The molecule has 0 bridgehead atoms. The third kappa shape index (κ3) is 2.55. The number of nitro groups is 1. The number of benzene rings is 1. The van der Waals surface area contributed by atoms with Crippen molar-refractivity contribution in [2.45, 2.75) is 6.04 Å². The van der Waals surface area contributed by atoms with Gasteiger partial charge in [-0.15, -0.1) is 0 Å². The predicted molar refractivity (Wildman–Crippen MR) is 54.6 cm³/mol. The third-order valence-electron chi connectivity index (χ3n) is 2.08. The van der Waals surface area contributed by atoms with Crippen LogP contribution in [0.5, 0.6) is 0 Å². The second kappa shape index (κ2) is 4.58. The molecule has 8 nitrogen and oxygen atoms in total. The van der Waals surface area contributed by atoms with Gasteiger partial charge in [-0.2, -0.15) is 0 Å². The van der Waals surface area contributed by atoms with Crippen molar-refractivity contribution in [3.8, 4) is 0 Å². The summed E-state index contributed by atoms with van der Waals surface area (Å²) in [6.45, 7) is 0. The molecule has 0 saturated heterocycles. The molecular formula is C9H8N2O6. The Morgan fingerprint density at radius 3 is 2.35 bits per heavy atom. The fraction of sp³-hybridized carbons (Fsp3) is 0.111. The highest BCUT2D eigenvalue weighted by atomic mass is 16.6. The van der Waals surface area contributed by atoms with E-state index in [-0.39, 0.29) is 11.1 Å². The van der Waals surface area contributed by atoms with Crippen molar-refractivity contribution in [1.82, 2.24) is 0 Å². The third-order valence-corrected chi connectivity index (χ3v) is 2.08. The molecule has 1 atom stereocenters. The summed E-state index contributed by atoms with van der Waals surface area (Å²) in [6.07, 6.45) is 0. The Labute approximate surface area is 94.4 Å². The monoisotopic (exact) mass is 240 g/mol. The molecule has 1 aromatic carbocycles. The molecule has 0 aliphatic carbocycles. The first kappa shape index (κ1) is 12.6. The number of rotatable bonds is 4. The summed E-state index contributed by atoms with van der Waals surface area (Å²) in [7, 11) is 0. The number of nitro benzene ring substituents is 1.